The van der Waals surface area contributed by atoms with Crippen LogP contribution in [0.2, 0.25) is 0 Å². The molecule has 0 aliphatic heterocycles. The molecule has 0 spiro atoms. The van der Waals surface area contributed by atoms with E-state index in [1.165, 1.54) is 28.6 Å². The molecule has 19 heavy (non-hydrogen) atoms. The predicted octanol–water partition coefficient (Wildman–Crippen LogP) is 4.43. The molecule has 0 heterocycles. The van der Waals surface area contributed by atoms with Crippen molar-refractivity contribution < 1.29 is 0 Å². The molecule has 0 aliphatic carbocycles. The lowest BCUT2D eigenvalue weighted by molar-refractivity contribution is 0.552. The smallest absolute Gasteiger partial charge is 0.0375 e. The minimum atomic E-state index is 0.693. The van der Waals surface area contributed by atoms with Crippen molar-refractivity contribution in [3.8, 4) is 0 Å². The summed E-state index contributed by atoms with van der Waals surface area (Å²) < 4.78 is 1.20. The SMILES string of the molecule is CCCCN(C)c1ccc(CNCC(C)C)c(Br)c1. The van der Waals surface area contributed by atoms with Gasteiger partial charge in [0.15, 0.2) is 0 Å². The van der Waals surface area contributed by atoms with Gasteiger partial charge >= 0.3 is 0 Å². The van der Waals surface area contributed by atoms with Crippen molar-refractivity contribution in [2.45, 2.75) is 40.2 Å². The number of halogens is 1. The van der Waals surface area contributed by atoms with Gasteiger partial charge in [-0.25, -0.2) is 0 Å². The van der Waals surface area contributed by atoms with Crippen molar-refractivity contribution in [1.29, 1.82) is 0 Å². The highest BCUT2D eigenvalue weighted by Gasteiger charge is 2.05. The summed E-state index contributed by atoms with van der Waals surface area (Å²) in [5, 5.41) is 3.48. The molecule has 0 aromatic heterocycles. The number of benzene rings is 1. The van der Waals surface area contributed by atoms with Crippen LogP contribution < -0.4 is 10.2 Å². The van der Waals surface area contributed by atoms with E-state index >= 15 is 0 Å². The first kappa shape index (κ1) is 16.5. The Balaban J connectivity index is 2.58. The van der Waals surface area contributed by atoms with Crippen LogP contribution in [0, 0.1) is 5.92 Å². The molecular weight excluding hydrogens is 300 g/mol. The maximum Gasteiger partial charge on any atom is 0.0375 e. The second-order valence-corrected chi connectivity index (χ2v) is 6.43. The molecule has 0 atom stereocenters. The van der Waals surface area contributed by atoms with E-state index in [1.54, 1.807) is 0 Å². The second-order valence-electron chi connectivity index (χ2n) is 5.58. The first-order valence-electron chi connectivity index (χ1n) is 7.24. The second kappa shape index (κ2) is 8.60. The summed E-state index contributed by atoms with van der Waals surface area (Å²) in [6.07, 6.45) is 2.48. The summed E-state index contributed by atoms with van der Waals surface area (Å²) in [5.41, 5.74) is 2.61. The Morgan fingerprint density at radius 1 is 1.32 bits per heavy atom. The van der Waals surface area contributed by atoms with Crippen LogP contribution in [-0.4, -0.2) is 20.1 Å². The standard InChI is InChI=1S/C16H27BrN2/c1-5-6-9-19(4)15-8-7-14(16(17)10-15)12-18-11-13(2)3/h7-8,10,13,18H,5-6,9,11-12H2,1-4H3. The van der Waals surface area contributed by atoms with E-state index in [-0.39, 0.29) is 0 Å². The van der Waals surface area contributed by atoms with Gasteiger partial charge in [0.2, 0.25) is 0 Å². The molecule has 1 aromatic carbocycles. The molecule has 0 unspecified atom stereocenters. The molecular formula is C16H27BrN2. The van der Waals surface area contributed by atoms with Gasteiger partial charge in [0.05, 0.1) is 0 Å². The molecule has 1 rings (SSSR count). The maximum absolute atomic E-state index is 3.68. The molecule has 3 heteroatoms. The zero-order chi connectivity index (χ0) is 14.3. The average Bonchev–Trinajstić information content (AvgIpc) is 2.37. The summed E-state index contributed by atoms with van der Waals surface area (Å²) in [6.45, 7) is 9.80. The van der Waals surface area contributed by atoms with Gasteiger partial charge in [0, 0.05) is 30.3 Å². The highest BCUT2D eigenvalue weighted by Crippen LogP contribution is 2.23. The van der Waals surface area contributed by atoms with Crippen LogP contribution in [0.3, 0.4) is 0 Å². The molecule has 0 aliphatic rings. The largest absolute Gasteiger partial charge is 0.375 e. The topological polar surface area (TPSA) is 15.3 Å². The van der Waals surface area contributed by atoms with E-state index in [2.05, 4.69) is 72.2 Å². The van der Waals surface area contributed by atoms with Crippen LogP contribution in [0.25, 0.3) is 0 Å². The summed E-state index contributed by atoms with van der Waals surface area (Å²) in [4.78, 5) is 2.32. The molecule has 0 bridgehead atoms. The predicted molar refractivity (Wildman–Crippen MR) is 88.9 cm³/mol. The minimum Gasteiger partial charge on any atom is -0.375 e. The summed E-state index contributed by atoms with van der Waals surface area (Å²) in [7, 11) is 2.16. The molecule has 2 nitrogen and oxygen atoms in total. The molecule has 0 radical (unpaired) electrons. The number of unbranched alkanes of at least 4 members (excludes halogenated alkanes) is 1. The number of nitrogens with one attached hydrogen (secondary N) is 1. The maximum atomic E-state index is 3.68. The van der Waals surface area contributed by atoms with E-state index in [0.717, 1.165) is 19.6 Å². The average molecular weight is 327 g/mol. The Hall–Kier alpha value is -0.540. The van der Waals surface area contributed by atoms with Gasteiger partial charge in [0.25, 0.3) is 0 Å². The van der Waals surface area contributed by atoms with Crippen LogP contribution in [0.5, 0.6) is 0 Å². The van der Waals surface area contributed by atoms with E-state index in [0.29, 0.717) is 5.92 Å². The van der Waals surface area contributed by atoms with E-state index in [9.17, 15) is 0 Å². The Bertz CT molecular complexity index is 377. The van der Waals surface area contributed by atoms with Gasteiger partial charge < -0.3 is 10.2 Å². The van der Waals surface area contributed by atoms with Crippen LogP contribution in [0.4, 0.5) is 5.69 Å². The molecule has 108 valence electrons. The first-order valence-corrected chi connectivity index (χ1v) is 8.04. The fourth-order valence-electron chi connectivity index (χ4n) is 1.94. The number of hydrogen-bond donors (Lipinski definition) is 1. The van der Waals surface area contributed by atoms with Gasteiger partial charge in [-0.05, 0) is 36.6 Å². The zero-order valence-corrected chi connectivity index (χ0v) is 14.3. The van der Waals surface area contributed by atoms with E-state index < -0.39 is 0 Å². The van der Waals surface area contributed by atoms with Crippen LogP contribution >= 0.6 is 15.9 Å². The molecule has 0 saturated heterocycles. The van der Waals surface area contributed by atoms with E-state index in [1.807, 2.05) is 0 Å². The number of nitrogens with zero attached hydrogens (tertiary/aromatic N) is 1. The highest BCUT2D eigenvalue weighted by atomic mass is 79.9. The third-order valence-corrected chi connectivity index (χ3v) is 3.93. The molecule has 0 fully saturated rings. The van der Waals surface area contributed by atoms with E-state index in [4.69, 9.17) is 0 Å². The van der Waals surface area contributed by atoms with Crippen LogP contribution in [0.15, 0.2) is 22.7 Å². The number of anilines is 1. The summed E-state index contributed by atoms with van der Waals surface area (Å²) in [6, 6.07) is 6.66. The van der Waals surface area contributed by atoms with Gasteiger partial charge in [-0.1, -0.05) is 49.2 Å². The Morgan fingerprint density at radius 3 is 2.63 bits per heavy atom. The lowest BCUT2D eigenvalue weighted by Gasteiger charge is -2.20. The third kappa shape index (κ3) is 5.96. The monoisotopic (exact) mass is 326 g/mol. The first-order chi connectivity index (χ1) is 9.04. The van der Waals surface area contributed by atoms with Crippen molar-refractivity contribution in [2.75, 3.05) is 25.0 Å². The number of rotatable bonds is 8. The van der Waals surface area contributed by atoms with Gasteiger partial charge in [-0.2, -0.15) is 0 Å². The van der Waals surface area contributed by atoms with Crippen molar-refractivity contribution in [1.82, 2.24) is 5.32 Å². The fourth-order valence-corrected chi connectivity index (χ4v) is 2.44. The highest BCUT2D eigenvalue weighted by molar-refractivity contribution is 9.10. The quantitative estimate of drug-likeness (QED) is 0.760. The normalized spacial score (nSPS) is 11.1. The Kier molecular flexibility index (Phi) is 7.47. The molecule has 0 saturated carbocycles. The van der Waals surface area contributed by atoms with Gasteiger partial charge in [-0.15, -0.1) is 0 Å². The Labute approximate surface area is 126 Å². The van der Waals surface area contributed by atoms with Gasteiger partial charge in [-0.3, -0.25) is 0 Å². The molecule has 1 N–H and O–H groups in total. The molecule has 0 amide bonds. The zero-order valence-electron chi connectivity index (χ0n) is 12.7. The third-order valence-electron chi connectivity index (χ3n) is 3.19. The number of hydrogen-bond acceptors (Lipinski definition) is 2. The van der Waals surface area contributed by atoms with Crippen LogP contribution in [0.1, 0.15) is 39.2 Å². The van der Waals surface area contributed by atoms with Crippen LogP contribution in [-0.2, 0) is 6.54 Å². The lowest BCUT2D eigenvalue weighted by Crippen LogP contribution is -2.20. The molecule has 1 aromatic rings. The fraction of sp³-hybridized carbons (Fsp3) is 0.625. The van der Waals surface area contributed by atoms with Crippen molar-refractivity contribution >= 4 is 21.6 Å². The minimum absolute atomic E-state index is 0.693. The van der Waals surface area contributed by atoms with Crippen molar-refractivity contribution in [2.24, 2.45) is 5.92 Å². The lowest BCUT2D eigenvalue weighted by atomic mass is 10.1. The Morgan fingerprint density at radius 2 is 2.05 bits per heavy atom. The van der Waals surface area contributed by atoms with Crippen molar-refractivity contribution in [3.05, 3.63) is 28.2 Å². The summed E-state index contributed by atoms with van der Waals surface area (Å²) in [5.74, 6) is 0.693. The van der Waals surface area contributed by atoms with Crippen molar-refractivity contribution in [3.63, 3.8) is 0 Å². The summed E-state index contributed by atoms with van der Waals surface area (Å²) >= 11 is 3.68. The van der Waals surface area contributed by atoms with Gasteiger partial charge in [0.1, 0.15) is 0 Å².